The highest BCUT2D eigenvalue weighted by atomic mass is 19.1. The number of carbonyl (C=O) groups is 2. The van der Waals surface area contributed by atoms with Crippen molar-refractivity contribution in [2.45, 2.75) is 6.04 Å². The van der Waals surface area contributed by atoms with Crippen LogP contribution in [0.4, 0.5) is 9.18 Å². The Morgan fingerprint density at radius 3 is 2.89 bits per heavy atom. The molecule has 1 aromatic carbocycles. The van der Waals surface area contributed by atoms with Crippen molar-refractivity contribution in [3.05, 3.63) is 35.6 Å². The lowest BCUT2D eigenvalue weighted by atomic mass is 10.0. The molecule has 1 aliphatic rings. The zero-order valence-corrected chi connectivity index (χ0v) is 9.60. The summed E-state index contributed by atoms with van der Waals surface area (Å²) in [6.07, 6.45) is -1.13. The van der Waals surface area contributed by atoms with Gasteiger partial charge in [0.15, 0.2) is 5.78 Å². The molecule has 0 radical (unpaired) electrons. The fraction of sp³-hybridized carbons (Fsp3) is 0.333. The van der Waals surface area contributed by atoms with Crippen molar-refractivity contribution in [3.8, 4) is 0 Å². The van der Waals surface area contributed by atoms with Gasteiger partial charge in [0.05, 0.1) is 0 Å². The summed E-state index contributed by atoms with van der Waals surface area (Å²) in [5.41, 5.74) is 0.190. The standard InChI is InChI=1S/C12H13FN2O3/c13-9-3-1-2-8(6-9)11(16)10-7-14-4-5-15(10)12(17)18/h1-3,6,10,14H,4-5,7H2,(H,17,18). The number of nitrogens with zero attached hydrogens (tertiary/aromatic N) is 1. The number of nitrogens with one attached hydrogen (secondary N) is 1. The number of halogens is 1. The summed E-state index contributed by atoms with van der Waals surface area (Å²) < 4.78 is 13.1. The number of hydrogen-bond acceptors (Lipinski definition) is 3. The minimum Gasteiger partial charge on any atom is -0.465 e. The largest absolute Gasteiger partial charge is 0.465 e. The quantitative estimate of drug-likeness (QED) is 0.769. The summed E-state index contributed by atoms with van der Waals surface area (Å²) in [7, 11) is 0. The van der Waals surface area contributed by atoms with Gasteiger partial charge in [-0.15, -0.1) is 0 Å². The lowest BCUT2D eigenvalue weighted by Crippen LogP contribution is -2.56. The molecule has 1 heterocycles. The lowest BCUT2D eigenvalue weighted by molar-refractivity contribution is 0.0740. The highest BCUT2D eigenvalue weighted by Gasteiger charge is 2.32. The summed E-state index contributed by atoms with van der Waals surface area (Å²) in [6.45, 7) is 1.02. The van der Waals surface area contributed by atoms with Crippen molar-refractivity contribution in [2.75, 3.05) is 19.6 Å². The van der Waals surface area contributed by atoms with Crippen LogP contribution in [0.3, 0.4) is 0 Å². The molecule has 0 aromatic heterocycles. The van der Waals surface area contributed by atoms with Gasteiger partial charge in [-0.3, -0.25) is 9.69 Å². The van der Waals surface area contributed by atoms with Crippen LogP contribution in [0.15, 0.2) is 24.3 Å². The van der Waals surface area contributed by atoms with Gasteiger partial charge in [-0.2, -0.15) is 0 Å². The topological polar surface area (TPSA) is 69.6 Å². The minimum atomic E-state index is -1.13. The first-order valence-corrected chi connectivity index (χ1v) is 5.59. The molecular formula is C12H13FN2O3. The normalized spacial score (nSPS) is 19.6. The molecule has 0 spiro atoms. The summed E-state index contributed by atoms with van der Waals surface area (Å²) in [5, 5.41) is 12.0. The molecule has 2 N–H and O–H groups in total. The summed E-state index contributed by atoms with van der Waals surface area (Å²) in [4.78, 5) is 24.3. The van der Waals surface area contributed by atoms with Crippen LogP contribution in [0, 0.1) is 5.82 Å². The SMILES string of the molecule is O=C(c1cccc(F)c1)C1CNCCN1C(=O)O. The Bertz CT molecular complexity index is 478. The predicted octanol–water partition coefficient (Wildman–Crippen LogP) is 0.960. The Hall–Kier alpha value is -1.95. The van der Waals surface area contributed by atoms with Gasteiger partial charge in [-0.05, 0) is 12.1 Å². The maximum absolute atomic E-state index is 13.1. The maximum Gasteiger partial charge on any atom is 0.408 e. The monoisotopic (exact) mass is 252 g/mol. The summed E-state index contributed by atoms with van der Waals surface area (Å²) in [5.74, 6) is -0.893. The third-order valence-corrected chi connectivity index (χ3v) is 2.90. The molecule has 96 valence electrons. The first kappa shape index (κ1) is 12.5. The molecule has 18 heavy (non-hydrogen) atoms. The molecule has 1 saturated heterocycles. The van der Waals surface area contributed by atoms with Gasteiger partial charge >= 0.3 is 6.09 Å². The van der Waals surface area contributed by atoms with Crippen molar-refractivity contribution in [3.63, 3.8) is 0 Å². The van der Waals surface area contributed by atoms with E-state index in [-0.39, 0.29) is 24.4 Å². The maximum atomic E-state index is 13.1. The molecule has 6 heteroatoms. The Kier molecular flexibility index (Phi) is 3.57. The average Bonchev–Trinajstić information content (AvgIpc) is 2.38. The van der Waals surface area contributed by atoms with Gasteiger partial charge < -0.3 is 10.4 Å². The van der Waals surface area contributed by atoms with Crippen molar-refractivity contribution in [1.29, 1.82) is 0 Å². The predicted molar refractivity (Wildman–Crippen MR) is 62.1 cm³/mol. The first-order chi connectivity index (χ1) is 8.59. The fourth-order valence-electron chi connectivity index (χ4n) is 2.00. The van der Waals surface area contributed by atoms with Crippen LogP contribution < -0.4 is 5.32 Å². The van der Waals surface area contributed by atoms with Crippen LogP contribution in [0.2, 0.25) is 0 Å². The van der Waals surface area contributed by atoms with Gasteiger partial charge in [-0.25, -0.2) is 9.18 Å². The first-order valence-electron chi connectivity index (χ1n) is 5.59. The number of carboxylic acid groups (broad SMARTS) is 1. The Labute approximate surface area is 103 Å². The fourth-order valence-corrected chi connectivity index (χ4v) is 2.00. The second kappa shape index (κ2) is 5.14. The molecular weight excluding hydrogens is 239 g/mol. The number of benzene rings is 1. The van der Waals surface area contributed by atoms with E-state index in [0.717, 1.165) is 11.0 Å². The van der Waals surface area contributed by atoms with Crippen molar-refractivity contribution in [2.24, 2.45) is 0 Å². The molecule has 2 rings (SSSR count). The minimum absolute atomic E-state index is 0.190. The molecule has 1 amide bonds. The molecule has 5 nitrogen and oxygen atoms in total. The van der Waals surface area contributed by atoms with Crippen LogP contribution in [0.1, 0.15) is 10.4 Å². The van der Waals surface area contributed by atoms with Crippen LogP contribution in [0.25, 0.3) is 0 Å². The van der Waals surface area contributed by atoms with Crippen LogP contribution in [-0.2, 0) is 0 Å². The Balaban J connectivity index is 2.23. The number of Topliss-reactive ketones (excluding diaryl/α,β-unsaturated/α-hetero) is 1. The van der Waals surface area contributed by atoms with E-state index in [1.54, 1.807) is 0 Å². The number of rotatable bonds is 2. The number of piperazine rings is 1. The van der Waals surface area contributed by atoms with Gasteiger partial charge in [0.25, 0.3) is 0 Å². The molecule has 1 aromatic rings. The number of ketones is 1. The van der Waals surface area contributed by atoms with Gasteiger partial charge in [-0.1, -0.05) is 12.1 Å². The van der Waals surface area contributed by atoms with Crippen LogP contribution >= 0.6 is 0 Å². The third kappa shape index (κ3) is 2.48. The summed E-state index contributed by atoms with van der Waals surface area (Å²) in [6, 6.07) is 4.49. The number of carbonyl (C=O) groups excluding carboxylic acids is 1. The highest BCUT2D eigenvalue weighted by molar-refractivity contribution is 6.01. The van der Waals surface area contributed by atoms with E-state index in [1.807, 2.05) is 0 Å². The Morgan fingerprint density at radius 1 is 1.44 bits per heavy atom. The third-order valence-electron chi connectivity index (χ3n) is 2.90. The van der Waals surface area contributed by atoms with Crippen LogP contribution in [-0.4, -0.2) is 47.6 Å². The molecule has 1 atom stereocenters. The van der Waals surface area contributed by atoms with E-state index in [9.17, 15) is 14.0 Å². The molecule has 1 unspecified atom stereocenters. The lowest BCUT2D eigenvalue weighted by Gasteiger charge is -2.32. The van der Waals surface area contributed by atoms with Crippen LogP contribution in [0.5, 0.6) is 0 Å². The average molecular weight is 252 g/mol. The van der Waals surface area contributed by atoms with E-state index in [0.29, 0.717) is 6.54 Å². The molecule has 0 bridgehead atoms. The number of amides is 1. The van der Waals surface area contributed by atoms with Crippen molar-refractivity contribution in [1.82, 2.24) is 10.2 Å². The molecule has 0 aliphatic carbocycles. The Morgan fingerprint density at radius 2 is 2.22 bits per heavy atom. The second-order valence-electron chi connectivity index (χ2n) is 4.07. The van der Waals surface area contributed by atoms with Gasteiger partial charge in [0.2, 0.25) is 0 Å². The smallest absolute Gasteiger partial charge is 0.408 e. The van der Waals surface area contributed by atoms with E-state index < -0.39 is 18.0 Å². The van der Waals surface area contributed by atoms with Crippen molar-refractivity contribution >= 4 is 11.9 Å². The summed E-state index contributed by atoms with van der Waals surface area (Å²) >= 11 is 0. The van der Waals surface area contributed by atoms with Gasteiger partial charge in [0.1, 0.15) is 11.9 Å². The highest BCUT2D eigenvalue weighted by Crippen LogP contribution is 2.12. The van der Waals surface area contributed by atoms with E-state index in [1.165, 1.54) is 18.2 Å². The zero-order valence-electron chi connectivity index (χ0n) is 9.60. The molecule has 0 saturated carbocycles. The number of hydrogen-bond donors (Lipinski definition) is 2. The second-order valence-corrected chi connectivity index (χ2v) is 4.07. The molecule has 1 fully saturated rings. The van der Waals surface area contributed by atoms with E-state index in [2.05, 4.69) is 5.32 Å². The van der Waals surface area contributed by atoms with E-state index in [4.69, 9.17) is 5.11 Å². The molecule has 1 aliphatic heterocycles. The van der Waals surface area contributed by atoms with E-state index >= 15 is 0 Å². The van der Waals surface area contributed by atoms with Crippen molar-refractivity contribution < 1.29 is 19.1 Å². The van der Waals surface area contributed by atoms with Gasteiger partial charge in [0, 0.05) is 25.2 Å². The zero-order chi connectivity index (χ0) is 13.1.